The summed E-state index contributed by atoms with van der Waals surface area (Å²) in [6.07, 6.45) is 0.473. The van der Waals surface area contributed by atoms with Gasteiger partial charge in [-0.15, -0.1) is 11.3 Å². The Kier molecular flexibility index (Phi) is 6.60. The Morgan fingerprint density at radius 1 is 1.44 bits per heavy atom. The zero-order valence-electron chi connectivity index (χ0n) is 11.2. The Morgan fingerprint density at radius 2 is 2.17 bits per heavy atom. The molecule has 1 aromatic rings. The van der Waals surface area contributed by atoms with E-state index < -0.39 is 6.10 Å². The van der Waals surface area contributed by atoms with Gasteiger partial charge in [0.25, 0.3) is 0 Å². The summed E-state index contributed by atoms with van der Waals surface area (Å²) < 4.78 is 6.33. The molecular weight excluding hydrogens is 270 g/mol. The molecule has 0 aliphatic heterocycles. The lowest BCUT2D eigenvalue weighted by molar-refractivity contribution is -0.0477. The maximum absolute atomic E-state index is 9.71. The normalized spacial score (nSPS) is 13.8. The van der Waals surface area contributed by atoms with E-state index in [9.17, 15) is 5.11 Å². The molecule has 2 N–H and O–H groups in total. The zero-order valence-corrected chi connectivity index (χ0v) is 12.8. The van der Waals surface area contributed by atoms with Crippen LogP contribution >= 0.6 is 22.9 Å². The minimum atomic E-state index is -0.462. The van der Waals surface area contributed by atoms with Crippen LogP contribution in [0.25, 0.3) is 0 Å². The van der Waals surface area contributed by atoms with Crippen LogP contribution in [0.3, 0.4) is 0 Å². The molecule has 1 heterocycles. The third-order valence-electron chi connectivity index (χ3n) is 2.27. The van der Waals surface area contributed by atoms with Crippen molar-refractivity contribution in [2.45, 2.75) is 38.9 Å². The fraction of sp³-hybridized carbons (Fsp3) is 0.692. The standard InChI is InChI=1S/C13H22ClNO2S/c1-13(2,3)17-9-10(16)8-15-7-6-11-4-5-12(14)18-11/h4-5,10,15-16H,6-9H2,1-3H3. The summed E-state index contributed by atoms with van der Waals surface area (Å²) >= 11 is 7.45. The third kappa shape index (κ3) is 7.34. The highest BCUT2D eigenvalue weighted by Crippen LogP contribution is 2.21. The van der Waals surface area contributed by atoms with Crippen LogP contribution in [-0.4, -0.2) is 36.5 Å². The first-order chi connectivity index (χ1) is 8.37. The van der Waals surface area contributed by atoms with Crippen LogP contribution < -0.4 is 5.32 Å². The number of aliphatic hydroxyl groups excluding tert-OH is 1. The molecule has 1 unspecified atom stereocenters. The summed E-state index contributed by atoms with van der Waals surface area (Å²) in [4.78, 5) is 1.26. The lowest BCUT2D eigenvalue weighted by Gasteiger charge is -2.22. The molecule has 0 aromatic carbocycles. The summed E-state index contributed by atoms with van der Waals surface area (Å²) in [7, 11) is 0. The first-order valence-corrected chi connectivity index (χ1v) is 7.33. The first kappa shape index (κ1) is 15.9. The summed E-state index contributed by atoms with van der Waals surface area (Å²) in [6, 6.07) is 3.95. The highest BCUT2D eigenvalue weighted by Gasteiger charge is 2.13. The lowest BCUT2D eigenvalue weighted by atomic mass is 10.2. The quantitative estimate of drug-likeness (QED) is 0.759. The van der Waals surface area contributed by atoms with Gasteiger partial charge in [0.15, 0.2) is 0 Å². The van der Waals surface area contributed by atoms with E-state index in [0.717, 1.165) is 17.3 Å². The number of nitrogens with one attached hydrogen (secondary N) is 1. The highest BCUT2D eigenvalue weighted by molar-refractivity contribution is 7.16. The van der Waals surface area contributed by atoms with Gasteiger partial charge in [-0.05, 0) is 39.3 Å². The van der Waals surface area contributed by atoms with Gasteiger partial charge in [0.2, 0.25) is 0 Å². The lowest BCUT2D eigenvalue weighted by Crippen LogP contribution is -2.34. The maximum atomic E-state index is 9.71. The number of hydrogen-bond donors (Lipinski definition) is 2. The van der Waals surface area contributed by atoms with Crippen molar-refractivity contribution in [3.63, 3.8) is 0 Å². The monoisotopic (exact) mass is 291 g/mol. The van der Waals surface area contributed by atoms with Crippen molar-refractivity contribution < 1.29 is 9.84 Å². The molecule has 0 saturated carbocycles. The molecule has 3 nitrogen and oxygen atoms in total. The molecule has 0 saturated heterocycles. The van der Waals surface area contributed by atoms with E-state index in [4.69, 9.17) is 16.3 Å². The molecule has 1 aromatic heterocycles. The van der Waals surface area contributed by atoms with Gasteiger partial charge in [-0.25, -0.2) is 0 Å². The molecule has 1 atom stereocenters. The Hall–Kier alpha value is -0.130. The Bertz CT molecular complexity index is 349. The van der Waals surface area contributed by atoms with Crippen LogP contribution in [0.2, 0.25) is 4.34 Å². The van der Waals surface area contributed by atoms with Gasteiger partial charge in [-0.3, -0.25) is 0 Å². The van der Waals surface area contributed by atoms with E-state index >= 15 is 0 Å². The van der Waals surface area contributed by atoms with Gasteiger partial charge >= 0.3 is 0 Å². The van der Waals surface area contributed by atoms with Gasteiger partial charge in [-0.2, -0.15) is 0 Å². The Balaban J connectivity index is 2.07. The van der Waals surface area contributed by atoms with Crippen LogP contribution in [0, 0.1) is 0 Å². The van der Waals surface area contributed by atoms with Gasteiger partial charge in [0, 0.05) is 18.0 Å². The number of hydrogen-bond acceptors (Lipinski definition) is 4. The van der Waals surface area contributed by atoms with E-state index in [-0.39, 0.29) is 5.60 Å². The second kappa shape index (κ2) is 7.46. The Morgan fingerprint density at radius 3 is 2.72 bits per heavy atom. The van der Waals surface area contributed by atoms with E-state index in [1.54, 1.807) is 11.3 Å². The van der Waals surface area contributed by atoms with Crippen molar-refractivity contribution in [1.29, 1.82) is 0 Å². The predicted molar refractivity (Wildman–Crippen MR) is 77.6 cm³/mol. The largest absolute Gasteiger partial charge is 0.389 e. The van der Waals surface area contributed by atoms with Gasteiger partial charge in [-0.1, -0.05) is 11.6 Å². The van der Waals surface area contributed by atoms with E-state index in [1.807, 2.05) is 32.9 Å². The van der Waals surface area contributed by atoms with Crippen LogP contribution in [0.1, 0.15) is 25.6 Å². The van der Waals surface area contributed by atoms with Crippen molar-refractivity contribution in [3.8, 4) is 0 Å². The van der Waals surface area contributed by atoms with Gasteiger partial charge in [0.1, 0.15) is 0 Å². The average Bonchev–Trinajstić information content (AvgIpc) is 2.67. The number of thiophene rings is 1. The Labute approximate surface area is 118 Å². The molecule has 0 radical (unpaired) electrons. The second-order valence-corrected chi connectivity index (χ2v) is 7.04. The fourth-order valence-electron chi connectivity index (χ4n) is 1.37. The minimum Gasteiger partial charge on any atom is -0.389 e. The molecule has 0 fully saturated rings. The molecule has 1 rings (SSSR count). The van der Waals surface area contributed by atoms with Crippen molar-refractivity contribution in [2.24, 2.45) is 0 Å². The molecule has 18 heavy (non-hydrogen) atoms. The van der Waals surface area contributed by atoms with Crippen molar-refractivity contribution in [3.05, 3.63) is 21.3 Å². The molecule has 0 aliphatic rings. The van der Waals surface area contributed by atoms with Gasteiger partial charge in [0.05, 0.1) is 22.6 Å². The minimum absolute atomic E-state index is 0.200. The first-order valence-electron chi connectivity index (χ1n) is 6.14. The molecule has 104 valence electrons. The number of halogens is 1. The summed E-state index contributed by atoms with van der Waals surface area (Å²) in [6.45, 7) is 7.69. The molecule has 0 amide bonds. The van der Waals surface area contributed by atoms with E-state index in [2.05, 4.69) is 5.32 Å². The van der Waals surface area contributed by atoms with E-state index in [0.29, 0.717) is 13.2 Å². The maximum Gasteiger partial charge on any atom is 0.0931 e. The number of rotatable bonds is 7. The average molecular weight is 292 g/mol. The molecule has 0 spiro atoms. The van der Waals surface area contributed by atoms with Gasteiger partial charge < -0.3 is 15.2 Å². The topological polar surface area (TPSA) is 41.5 Å². The summed E-state index contributed by atoms with van der Waals surface area (Å²) in [5.74, 6) is 0. The molecule has 5 heteroatoms. The van der Waals surface area contributed by atoms with Crippen molar-refractivity contribution in [2.75, 3.05) is 19.7 Å². The van der Waals surface area contributed by atoms with E-state index in [1.165, 1.54) is 4.88 Å². The second-order valence-electron chi connectivity index (χ2n) is 5.24. The van der Waals surface area contributed by atoms with Crippen LogP contribution in [0.4, 0.5) is 0 Å². The smallest absolute Gasteiger partial charge is 0.0931 e. The van der Waals surface area contributed by atoms with Crippen LogP contribution in [-0.2, 0) is 11.2 Å². The SMILES string of the molecule is CC(C)(C)OCC(O)CNCCc1ccc(Cl)s1. The molecule has 0 aliphatic carbocycles. The predicted octanol–water partition coefficient (Wildman–Crippen LogP) is 2.71. The molecule has 0 bridgehead atoms. The van der Waals surface area contributed by atoms with Crippen molar-refractivity contribution in [1.82, 2.24) is 5.32 Å². The summed E-state index contributed by atoms with van der Waals surface area (Å²) in [5.41, 5.74) is -0.200. The zero-order chi connectivity index (χ0) is 13.6. The van der Waals surface area contributed by atoms with Crippen LogP contribution in [0.15, 0.2) is 12.1 Å². The third-order valence-corrected chi connectivity index (χ3v) is 3.56. The highest BCUT2D eigenvalue weighted by atomic mass is 35.5. The van der Waals surface area contributed by atoms with Crippen molar-refractivity contribution >= 4 is 22.9 Å². The number of aliphatic hydroxyl groups is 1. The molecular formula is C13H22ClNO2S. The summed E-state index contributed by atoms with van der Waals surface area (Å²) in [5, 5.41) is 12.9. The number of ether oxygens (including phenoxy) is 1. The fourth-order valence-corrected chi connectivity index (χ4v) is 2.46. The van der Waals surface area contributed by atoms with Crippen LogP contribution in [0.5, 0.6) is 0 Å².